The van der Waals surface area contributed by atoms with E-state index in [-0.39, 0.29) is 5.91 Å². The van der Waals surface area contributed by atoms with Crippen LogP contribution in [0.5, 0.6) is 0 Å². The van der Waals surface area contributed by atoms with Crippen molar-refractivity contribution in [1.82, 2.24) is 4.90 Å². The minimum absolute atomic E-state index is 0.284. The molecule has 164 valence electrons. The Balaban J connectivity index is 0.000000401. The first kappa shape index (κ1) is 22.5. The summed E-state index contributed by atoms with van der Waals surface area (Å²) in [6.07, 6.45) is 3.86. The molecule has 7 nitrogen and oxygen atoms in total. The smallest absolute Gasteiger partial charge is 0.414 e. The Hall–Kier alpha value is -3.19. The fourth-order valence-corrected chi connectivity index (χ4v) is 4.01. The third-order valence-corrected chi connectivity index (χ3v) is 5.71. The summed E-state index contributed by atoms with van der Waals surface area (Å²) in [4.78, 5) is 35.0. The number of piperidine rings is 1. The highest BCUT2D eigenvalue weighted by Crippen LogP contribution is 2.29. The Labute approximate surface area is 181 Å². The van der Waals surface area contributed by atoms with Crippen LogP contribution in [0.3, 0.4) is 0 Å². The lowest BCUT2D eigenvalue weighted by Crippen LogP contribution is -2.45. The van der Waals surface area contributed by atoms with Gasteiger partial charge in [-0.1, -0.05) is 48.5 Å². The van der Waals surface area contributed by atoms with Gasteiger partial charge in [0.1, 0.15) is 0 Å². The topological polar surface area (TPSA) is 98.1 Å². The SMILES string of the molecule is O=C(O)C(=O)O.O=C1CCCCN1c1ccccc1CCN1CC(c2ccccc2)C1. The Morgan fingerprint density at radius 1 is 0.903 bits per heavy atom. The molecule has 0 bridgehead atoms. The number of anilines is 1. The molecule has 2 saturated heterocycles. The highest BCUT2D eigenvalue weighted by molar-refractivity contribution is 6.27. The Morgan fingerprint density at radius 3 is 2.19 bits per heavy atom. The molecule has 0 unspecified atom stereocenters. The second-order valence-corrected chi connectivity index (χ2v) is 7.86. The monoisotopic (exact) mass is 424 g/mol. The zero-order valence-electron chi connectivity index (χ0n) is 17.4. The minimum atomic E-state index is -1.82. The molecule has 2 N–H and O–H groups in total. The predicted octanol–water partition coefficient (Wildman–Crippen LogP) is 3.00. The van der Waals surface area contributed by atoms with Crippen LogP contribution in [0.15, 0.2) is 54.6 Å². The average Bonchev–Trinajstić information content (AvgIpc) is 2.74. The molecular formula is C24H28N2O5. The molecule has 4 rings (SSSR count). The zero-order chi connectivity index (χ0) is 22.2. The van der Waals surface area contributed by atoms with Crippen LogP contribution in [-0.4, -0.2) is 59.1 Å². The molecule has 2 aromatic rings. The van der Waals surface area contributed by atoms with Gasteiger partial charge in [0, 0.05) is 44.2 Å². The summed E-state index contributed by atoms with van der Waals surface area (Å²) in [7, 11) is 0. The molecule has 0 spiro atoms. The van der Waals surface area contributed by atoms with E-state index in [9.17, 15) is 4.79 Å². The van der Waals surface area contributed by atoms with E-state index < -0.39 is 11.9 Å². The Morgan fingerprint density at radius 2 is 1.55 bits per heavy atom. The summed E-state index contributed by atoms with van der Waals surface area (Å²) >= 11 is 0. The Bertz CT molecular complexity index is 897. The lowest BCUT2D eigenvalue weighted by molar-refractivity contribution is -0.159. The molecule has 2 aliphatic heterocycles. The number of hydrogen-bond donors (Lipinski definition) is 2. The number of carbonyl (C=O) groups is 3. The fraction of sp³-hybridized carbons (Fsp3) is 0.375. The molecule has 0 aromatic heterocycles. The van der Waals surface area contributed by atoms with Crippen LogP contribution >= 0.6 is 0 Å². The van der Waals surface area contributed by atoms with E-state index in [2.05, 4.69) is 59.5 Å². The van der Waals surface area contributed by atoms with Gasteiger partial charge in [-0.15, -0.1) is 0 Å². The largest absolute Gasteiger partial charge is 0.473 e. The van der Waals surface area contributed by atoms with E-state index in [1.165, 1.54) is 11.1 Å². The van der Waals surface area contributed by atoms with E-state index in [0.29, 0.717) is 12.3 Å². The van der Waals surface area contributed by atoms with Gasteiger partial charge < -0.3 is 20.0 Å². The third-order valence-electron chi connectivity index (χ3n) is 5.71. The first-order chi connectivity index (χ1) is 15.0. The number of amides is 1. The van der Waals surface area contributed by atoms with Crippen molar-refractivity contribution in [2.24, 2.45) is 0 Å². The predicted molar refractivity (Wildman–Crippen MR) is 117 cm³/mol. The molecule has 2 aromatic carbocycles. The molecule has 7 heteroatoms. The van der Waals surface area contributed by atoms with E-state index in [1.54, 1.807) is 0 Å². The maximum absolute atomic E-state index is 12.3. The summed E-state index contributed by atoms with van der Waals surface area (Å²) in [6, 6.07) is 19.3. The highest BCUT2D eigenvalue weighted by Gasteiger charge is 2.28. The molecule has 2 heterocycles. The van der Waals surface area contributed by atoms with Crippen molar-refractivity contribution >= 4 is 23.5 Å². The number of carbonyl (C=O) groups excluding carboxylic acids is 1. The molecule has 31 heavy (non-hydrogen) atoms. The molecule has 0 atom stereocenters. The van der Waals surface area contributed by atoms with Gasteiger partial charge in [0.2, 0.25) is 5.91 Å². The number of likely N-dealkylation sites (tertiary alicyclic amines) is 1. The lowest BCUT2D eigenvalue weighted by Gasteiger charge is -2.40. The van der Waals surface area contributed by atoms with Crippen LogP contribution in [0.25, 0.3) is 0 Å². The van der Waals surface area contributed by atoms with Gasteiger partial charge in [-0.2, -0.15) is 0 Å². The summed E-state index contributed by atoms with van der Waals surface area (Å²) < 4.78 is 0. The normalized spacial score (nSPS) is 16.8. The van der Waals surface area contributed by atoms with Crippen molar-refractivity contribution < 1.29 is 24.6 Å². The number of nitrogens with zero attached hydrogens (tertiary/aromatic N) is 2. The van der Waals surface area contributed by atoms with E-state index in [4.69, 9.17) is 19.8 Å². The molecule has 0 radical (unpaired) electrons. The van der Waals surface area contributed by atoms with E-state index in [0.717, 1.165) is 51.1 Å². The maximum Gasteiger partial charge on any atom is 0.414 e. The summed E-state index contributed by atoms with van der Waals surface area (Å²) in [5.74, 6) is -2.68. The van der Waals surface area contributed by atoms with Crippen LogP contribution in [0, 0.1) is 0 Å². The number of carboxylic acids is 2. The summed E-state index contributed by atoms with van der Waals surface area (Å²) in [5.41, 5.74) is 3.89. The fourth-order valence-electron chi connectivity index (χ4n) is 4.01. The maximum atomic E-state index is 12.3. The average molecular weight is 424 g/mol. The molecule has 1 amide bonds. The van der Waals surface area contributed by atoms with Gasteiger partial charge in [0.25, 0.3) is 0 Å². The van der Waals surface area contributed by atoms with Crippen LogP contribution < -0.4 is 4.90 Å². The first-order valence-corrected chi connectivity index (χ1v) is 10.6. The van der Waals surface area contributed by atoms with Gasteiger partial charge in [-0.25, -0.2) is 9.59 Å². The number of rotatable bonds is 5. The van der Waals surface area contributed by atoms with Crippen molar-refractivity contribution in [3.05, 3.63) is 65.7 Å². The molecule has 2 aliphatic rings. The third kappa shape index (κ3) is 6.15. The van der Waals surface area contributed by atoms with E-state index >= 15 is 0 Å². The number of benzene rings is 2. The number of aliphatic carboxylic acids is 2. The quantitative estimate of drug-likeness (QED) is 0.716. The van der Waals surface area contributed by atoms with Gasteiger partial charge in [-0.05, 0) is 36.5 Å². The van der Waals surface area contributed by atoms with Gasteiger partial charge >= 0.3 is 11.9 Å². The minimum Gasteiger partial charge on any atom is -0.473 e. The van der Waals surface area contributed by atoms with Gasteiger partial charge in [0.15, 0.2) is 0 Å². The Kier molecular flexibility index (Phi) is 7.78. The number of carboxylic acid groups (broad SMARTS) is 2. The van der Waals surface area contributed by atoms with Crippen molar-refractivity contribution in [2.45, 2.75) is 31.6 Å². The van der Waals surface area contributed by atoms with Crippen molar-refractivity contribution in [2.75, 3.05) is 31.1 Å². The van der Waals surface area contributed by atoms with Crippen LogP contribution in [0.2, 0.25) is 0 Å². The lowest BCUT2D eigenvalue weighted by atomic mass is 9.91. The van der Waals surface area contributed by atoms with Crippen LogP contribution in [0.4, 0.5) is 5.69 Å². The standard InChI is InChI=1S/C22H26N2O.C2H2O4/c25-22-12-6-7-14-24(22)21-11-5-4-10-19(21)13-15-23-16-20(17-23)18-8-2-1-3-9-18;3-1(4)2(5)6/h1-5,8-11,20H,6-7,12-17H2;(H,3,4)(H,5,6). The summed E-state index contributed by atoms with van der Waals surface area (Å²) in [5, 5.41) is 14.8. The number of hydrogen-bond acceptors (Lipinski definition) is 4. The second kappa shape index (κ2) is 10.7. The molecule has 2 fully saturated rings. The van der Waals surface area contributed by atoms with Crippen molar-refractivity contribution in [3.63, 3.8) is 0 Å². The van der Waals surface area contributed by atoms with E-state index in [1.807, 2.05) is 4.90 Å². The molecule has 0 aliphatic carbocycles. The highest BCUT2D eigenvalue weighted by atomic mass is 16.4. The van der Waals surface area contributed by atoms with Gasteiger partial charge in [0.05, 0.1) is 0 Å². The van der Waals surface area contributed by atoms with Crippen LogP contribution in [0.1, 0.15) is 36.3 Å². The van der Waals surface area contributed by atoms with Gasteiger partial charge in [-0.3, -0.25) is 4.79 Å². The van der Waals surface area contributed by atoms with Crippen molar-refractivity contribution in [1.29, 1.82) is 0 Å². The number of para-hydroxylation sites is 1. The van der Waals surface area contributed by atoms with Crippen molar-refractivity contribution in [3.8, 4) is 0 Å². The molecular weight excluding hydrogens is 396 g/mol. The zero-order valence-corrected chi connectivity index (χ0v) is 17.4. The summed E-state index contributed by atoms with van der Waals surface area (Å²) in [6.45, 7) is 4.24. The first-order valence-electron chi connectivity index (χ1n) is 10.6. The molecule has 0 saturated carbocycles. The van der Waals surface area contributed by atoms with Crippen LogP contribution in [-0.2, 0) is 20.8 Å². The second-order valence-electron chi connectivity index (χ2n) is 7.86.